The summed E-state index contributed by atoms with van der Waals surface area (Å²) in [5, 5.41) is 0. The van der Waals surface area contributed by atoms with Gasteiger partial charge >= 0.3 is 0 Å². The molecule has 1 heteroatoms. The summed E-state index contributed by atoms with van der Waals surface area (Å²) in [4.78, 5) is 0. The monoisotopic (exact) mass is 154 g/mol. The van der Waals surface area contributed by atoms with Crippen molar-refractivity contribution >= 4 is 0 Å². The molecule has 1 saturated carbocycles. The number of rotatable bonds is 4. The van der Waals surface area contributed by atoms with Crippen LogP contribution < -0.4 is 0 Å². The molecule has 1 fully saturated rings. The normalized spacial score (nSPS) is 20.1. The van der Waals surface area contributed by atoms with Crippen LogP contribution in [0.3, 0.4) is 0 Å². The van der Waals surface area contributed by atoms with Crippen molar-refractivity contribution in [1.82, 2.24) is 0 Å². The van der Waals surface area contributed by atoms with Gasteiger partial charge in [-0.3, -0.25) is 0 Å². The van der Waals surface area contributed by atoms with Crippen LogP contribution in [0.4, 0.5) is 0 Å². The van der Waals surface area contributed by atoms with Gasteiger partial charge in [0, 0.05) is 6.61 Å². The summed E-state index contributed by atoms with van der Waals surface area (Å²) in [6.07, 6.45) is 10.1. The fourth-order valence-electron chi connectivity index (χ4n) is 1.58. The van der Waals surface area contributed by atoms with Crippen molar-refractivity contribution in [2.45, 2.75) is 32.6 Å². The molecule has 0 unspecified atom stereocenters. The first-order chi connectivity index (χ1) is 5.43. The Labute approximate surface area is 69.4 Å². The number of hydrogen-bond acceptors (Lipinski definition) is 1. The lowest BCUT2D eigenvalue weighted by atomic mass is 10.1. The molecule has 11 heavy (non-hydrogen) atoms. The standard InChI is InChI=1S/C10H18O/c1-2-11-9-5-8-10-6-3-4-7-10/h5,8,10H,2-4,6-7,9H2,1H3/b8-5+. The molecule has 0 N–H and O–H groups in total. The van der Waals surface area contributed by atoms with Crippen LogP contribution in [0.1, 0.15) is 32.6 Å². The van der Waals surface area contributed by atoms with Crippen molar-refractivity contribution in [3.8, 4) is 0 Å². The van der Waals surface area contributed by atoms with Gasteiger partial charge in [0.1, 0.15) is 0 Å². The molecule has 0 aromatic carbocycles. The van der Waals surface area contributed by atoms with Gasteiger partial charge < -0.3 is 4.74 Å². The predicted octanol–water partition coefficient (Wildman–Crippen LogP) is 2.77. The first-order valence-corrected chi connectivity index (χ1v) is 4.68. The highest BCUT2D eigenvalue weighted by molar-refractivity contribution is 4.90. The van der Waals surface area contributed by atoms with Crippen LogP contribution in [-0.2, 0) is 4.74 Å². The van der Waals surface area contributed by atoms with Gasteiger partial charge in [0.05, 0.1) is 6.61 Å². The molecule has 0 aliphatic heterocycles. The Hall–Kier alpha value is -0.300. The van der Waals surface area contributed by atoms with E-state index in [9.17, 15) is 0 Å². The van der Waals surface area contributed by atoms with Crippen molar-refractivity contribution in [3.05, 3.63) is 12.2 Å². The van der Waals surface area contributed by atoms with Gasteiger partial charge in [0.25, 0.3) is 0 Å². The molecule has 0 amide bonds. The Balaban J connectivity index is 2.03. The Morgan fingerprint density at radius 1 is 1.36 bits per heavy atom. The van der Waals surface area contributed by atoms with Crippen LogP contribution in [0.15, 0.2) is 12.2 Å². The summed E-state index contributed by atoms with van der Waals surface area (Å²) >= 11 is 0. The smallest absolute Gasteiger partial charge is 0.0647 e. The Morgan fingerprint density at radius 2 is 2.09 bits per heavy atom. The second-order valence-electron chi connectivity index (χ2n) is 3.13. The molecule has 1 aliphatic carbocycles. The van der Waals surface area contributed by atoms with E-state index in [4.69, 9.17) is 4.74 Å². The van der Waals surface area contributed by atoms with E-state index in [0.29, 0.717) is 0 Å². The summed E-state index contributed by atoms with van der Waals surface area (Å²) in [5.41, 5.74) is 0. The number of ether oxygens (including phenoxy) is 1. The molecule has 1 nitrogen and oxygen atoms in total. The van der Waals surface area contributed by atoms with Crippen molar-refractivity contribution < 1.29 is 4.74 Å². The zero-order valence-electron chi connectivity index (χ0n) is 7.38. The van der Waals surface area contributed by atoms with Crippen molar-refractivity contribution in [3.63, 3.8) is 0 Å². The molecular weight excluding hydrogens is 136 g/mol. The van der Waals surface area contributed by atoms with Gasteiger partial charge in [0.2, 0.25) is 0 Å². The van der Waals surface area contributed by atoms with Crippen molar-refractivity contribution in [1.29, 1.82) is 0 Å². The fraction of sp³-hybridized carbons (Fsp3) is 0.800. The highest BCUT2D eigenvalue weighted by atomic mass is 16.5. The van der Waals surface area contributed by atoms with Crippen LogP contribution in [0, 0.1) is 5.92 Å². The maximum absolute atomic E-state index is 5.21. The second kappa shape index (κ2) is 5.36. The number of hydrogen-bond donors (Lipinski definition) is 0. The molecule has 0 radical (unpaired) electrons. The van der Waals surface area contributed by atoms with Gasteiger partial charge in [-0.25, -0.2) is 0 Å². The summed E-state index contributed by atoms with van der Waals surface area (Å²) in [6, 6.07) is 0. The molecule has 0 aromatic heterocycles. The quantitative estimate of drug-likeness (QED) is 0.447. The van der Waals surface area contributed by atoms with Crippen molar-refractivity contribution in [2.24, 2.45) is 5.92 Å². The van der Waals surface area contributed by atoms with Crippen LogP contribution >= 0.6 is 0 Å². The van der Waals surface area contributed by atoms with Crippen LogP contribution in [0.25, 0.3) is 0 Å². The highest BCUT2D eigenvalue weighted by Gasteiger charge is 2.10. The third kappa shape index (κ3) is 3.57. The zero-order chi connectivity index (χ0) is 7.94. The number of allylic oxidation sites excluding steroid dienone is 1. The SMILES string of the molecule is CCOC/C=C/C1CCCC1. The highest BCUT2D eigenvalue weighted by Crippen LogP contribution is 2.25. The molecule has 0 aromatic rings. The molecule has 64 valence electrons. The summed E-state index contributed by atoms with van der Waals surface area (Å²) in [6.45, 7) is 3.66. The molecule has 0 spiro atoms. The lowest BCUT2D eigenvalue weighted by Gasteiger charge is -1.99. The maximum atomic E-state index is 5.21. The molecule has 0 bridgehead atoms. The Bertz CT molecular complexity index is 112. The van der Waals surface area contributed by atoms with E-state index in [1.54, 1.807) is 0 Å². The third-order valence-corrected chi connectivity index (χ3v) is 2.23. The van der Waals surface area contributed by atoms with E-state index in [-0.39, 0.29) is 0 Å². The summed E-state index contributed by atoms with van der Waals surface area (Å²) in [7, 11) is 0. The Morgan fingerprint density at radius 3 is 2.73 bits per heavy atom. The van der Waals surface area contributed by atoms with E-state index in [1.807, 2.05) is 6.92 Å². The van der Waals surface area contributed by atoms with Gasteiger partial charge in [0.15, 0.2) is 0 Å². The summed E-state index contributed by atoms with van der Waals surface area (Å²) in [5.74, 6) is 0.857. The third-order valence-electron chi connectivity index (χ3n) is 2.23. The van der Waals surface area contributed by atoms with Crippen LogP contribution in [0.5, 0.6) is 0 Å². The van der Waals surface area contributed by atoms with E-state index in [2.05, 4.69) is 12.2 Å². The van der Waals surface area contributed by atoms with E-state index in [1.165, 1.54) is 25.7 Å². The lowest BCUT2D eigenvalue weighted by Crippen LogP contribution is -1.91. The summed E-state index contributed by atoms with van der Waals surface area (Å²) < 4.78 is 5.21. The molecular formula is C10H18O. The minimum Gasteiger partial charge on any atom is -0.378 e. The van der Waals surface area contributed by atoms with Crippen molar-refractivity contribution in [2.75, 3.05) is 13.2 Å². The maximum Gasteiger partial charge on any atom is 0.0647 e. The molecule has 1 aliphatic rings. The fourth-order valence-corrected chi connectivity index (χ4v) is 1.58. The van der Waals surface area contributed by atoms with E-state index >= 15 is 0 Å². The topological polar surface area (TPSA) is 9.23 Å². The molecule has 0 atom stereocenters. The van der Waals surface area contributed by atoms with Gasteiger partial charge in [-0.05, 0) is 25.7 Å². The van der Waals surface area contributed by atoms with Crippen LogP contribution in [-0.4, -0.2) is 13.2 Å². The minimum atomic E-state index is 0.799. The van der Waals surface area contributed by atoms with Gasteiger partial charge in [-0.2, -0.15) is 0 Å². The zero-order valence-corrected chi connectivity index (χ0v) is 7.38. The minimum absolute atomic E-state index is 0.799. The Kier molecular flexibility index (Phi) is 4.29. The lowest BCUT2D eigenvalue weighted by molar-refractivity contribution is 0.177. The van der Waals surface area contributed by atoms with Gasteiger partial charge in [-0.1, -0.05) is 25.0 Å². The predicted molar refractivity (Wildman–Crippen MR) is 47.6 cm³/mol. The van der Waals surface area contributed by atoms with Gasteiger partial charge in [-0.15, -0.1) is 0 Å². The van der Waals surface area contributed by atoms with E-state index in [0.717, 1.165) is 19.1 Å². The first-order valence-electron chi connectivity index (χ1n) is 4.68. The largest absolute Gasteiger partial charge is 0.378 e. The van der Waals surface area contributed by atoms with E-state index < -0.39 is 0 Å². The first kappa shape index (κ1) is 8.79. The molecule has 0 saturated heterocycles. The molecule has 0 heterocycles. The molecule has 1 rings (SSSR count). The second-order valence-corrected chi connectivity index (χ2v) is 3.13. The average Bonchev–Trinajstić information content (AvgIpc) is 2.50. The average molecular weight is 154 g/mol. The van der Waals surface area contributed by atoms with Crippen LogP contribution in [0.2, 0.25) is 0 Å².